The second-order valence-electron chi connectivity index (χ2n) is 33.1. The summed E-state index contributed by atoms with van der Waals surface area (Å²) in [5.41, 5.74) is 12.9. The minimum Gasteiger partial charge on any atom is -0.358 e. The molecular formula is C108H154B2Br4INO5S6-. The fourth-order valence-electron chi connectivity index (χ4n) is 16.8. The molecule has 5 aromatic carbocycles. The van der Waals surface area contributed by atoms with Crippen molar-refractivity contribution in [1.29, 1.82) is 0 Å². The monoisotopic (exact) mass is 2200 g/mol. The molecule has 6 nitrogen and oxygen atoms in total. The van der Waals surface area contributed by atoms with Crippen LogP contribution in [0.3, 0.4) is 0 Å². The Labute approximate surface area is 846 Å². The van der Waals surface area contributed by atoms with Gasteiger partial charge in [-0.2, -0.15) is 11.3 Å². The van der Waals surface area contributed by atoms with Crippen LogP contribution in [-0.4, -0.2) is 48.9 Å². The molecule has 0 amide bonds. The molecule has 1 aliphatic heterocycles. The van der Waals surface area contributed by atoms with Gasteiger partial charge in [0.1, 0.15) is 5.78 Å². The minimum atomic E-state index is -1.30. The van der Waals surface area contributed by atoms with Gasteiger partial charge < -0.3 is 27.3 Å². The van der Waals surface area contributed by atoms with Crippen LogP contribution in [0.2, 0.25) is 0 Å². The average molecular weight is 2210 g/mol. The van der Waals surface area contributed by atoms with E-state index in [-0.39, 0.29) is 20.3 Å². The van der Waals surface area contributed by atoms with Crippen LogP contribution in [0.25, 0.3) is 41.8 Å². The van der Waals surface area contributed by atoms with Crippen LogP contribution in [0.15, 0.2) is 207 Å². The molecule has 2 aliphatic carbocycles. The summed E-state index contributed by atoms with van der Waals surface area (Å²) in [6, 6.07) is 57.8. The summed E-state index contributed by atoms with van der Waals surface area (Å²) in [6.45, 7) is 20.1. The number of halogens is 5. The Morgan fingerprint density at radius 3 is 1.29 bits per heavy atom. The zero-order chi connectivity index (χ0) is 90.6. The van der Waals surface area contributed by atoms with Crippen LogP contribution >= 0.6 is 156 Å². The first kappa shape index (κ1) is 118. The molecular weight excluding hydrogens is 2050 g/mol. The van der Waals surface area contributed by atoms with Gasteiger partial charge in [-0.15, -0.1) is 45.3 Å². The molecule has 1 fully saturated rings. The number of carbonyl (C=O) groups excluding carboxylic acids is 1. The molecule has 1 radical (unpaired) electrons. The van der Waals surface area contributed by atoms with E-state index in [0.717, 1.165) is 74.6 Å². The van der Waals surface area contributed by atoms with Crippen molar-refractivity contribution in [2.24, 2.45) is 4.30 Å². The maximum atomic E-state index is 11.7. The molecule has 5 aromatic heterocycles. The van der Waals surface area contributed by atoms with Crippen LogP contribution < -0.4 is 4.78 Å². The molecule has 19 heteroatoms. The van der Waals surface area contributed by atoms with E-state index in [1.807, 2.05) is 46.9 Å². The Morgan fingerprint density at radius 2 is 0.866 bits per heavy atom. The number of thiol groups is 1. The number of unbranched alkanes of at least 4 members (excludes halogenated alkanes) is 24. The van der Waals surface area contributed by atoms with Gasteiger partial charge in [-0.05, 0) is 239 Å². The molecule has 13 rings (SSSR count). The van der Waals surface area contributed by atoms with E-state index in [1.165, 1.54) is 283 Å². The number of aliphatic hydroxyl groups is 1. The van der Waals surface area contributed by atoms with Crippen LogP contribution in [0.5, 0.6) is 0 Å². The number of ketones is 1. The molecule has 127 heavy (non-hydrogen) atoms. The summed E-state index contributed by atoms with van der Waals surface area (Å²) in [5.74, 6) is 0.484. The largest absolute Gasteiger partial charge is 0.358 e. The van der Waals surface area contributed by atoms with Crippen molar-refractivity contribution in [3.63, 3.8) is 0 Å². The predicted octanol–water partition coefficient (Wildman–Crippen LogP) is 38.2. The second-order valence-corrected chi connectivity index (χ2v) is 43.4. The van der Waals surface area contributed by atoms with E-state index in [9.17, 15) is 9.90 Å². The molecule has 3 N–H and O–H groups in total. The summed E-state index contributed by atoms with van der Waals surface area (Å²) < 4.78 is 14.3. The van der Waals surface area contributed by atoms with E-state index in [4.69, 9.17) is 14.8 Å². The topological polar surface area (TPSA) is 99.4 Å². The van der Waals surface area contributed by atoms with Crippen molar-refractivity contribution in [3.05, 3.63) is 241 Å². The number of nitrogens with zero attached hydrogens (tertiary/aromatic N) is 1. The van der Waals surface area contributed by atoms with Crippen molar-refractivity contribution in [2.75, 3.05) is 13.2 Å². The zero-order valence-corrected chi connectivity index (χ0v) is 91.1. The van der Waals surface area contributed by atoms with Crippen molar-refractivity contribution in [3.8, 4) is 41.8 Å². The number of thiophene rings is 5. The first-order chi connectivity index (χ1) is 60.9. The Kier molecular flexibility index (Phi) is 66.6. The van der Waals surface area contributed by atoms with Crippen LogP contribution in [0.1, 0.15) is 360 Å². The summed E-state index contributed by atoms with van der Waals surface area (Å²) in [5, 5.41) is 36.9. The smallest absolute Gasteiger partial charge is 0.358 e. The van der Waals surface area contributed by atoms with E-state index in [0.29, 0.717) is 16.0 Å². The third kappa shape index (κ3) is 42.5. The predicted molar refractivity (Wildman–Crippen MR) is 594 cm³/mol. The van der Waals surface area contributed by atoms with E-state index < -0.39 is 12.7 Å². The normalized spacial score (nSPS) is 12.3. The van der Waals surface area contributed by atoms with Gasteiger partial charge in [0.15, 0.2) is 0 Å². The molecule has 0 unspecified atom stereocenters. The summed E-state index contributed by atoms with van der Waals surface area (Å²) in [7, 11) is 3.04. The average Bonchev–Trinajstić information content (AvgIpc) is 1.57. The van der Waals surface area contributed by atoms with E-state index >= 15 is 0 Å². The molecule has 0 atom stereocenters. The van der Waals surface area contributed by atoms with Crippen LogP contribution in [0.4, 0.5) is 0 Å². The Balaban J connectivity index is 0.000000388. The molecule has 6 heterocycles. The zero-order valence-electron chi connectivity index (χ0n) is 77.6. The number of rotatable bonds is 44. The molecule has 699 valence electrons. The SMILES string of the molecule is Brc1ccccc1-c1cccs1.Brc1ccccc1I.C.C1CCOC1.CCCCCCC(=O)CCCCCC.CCCCCCC(O)(CCCCCC)c1ccccc1-c1cccs1.CCCCCCC1(CCCCCC)c2cc(Br)ccc2-c2sc(Br)cc21.CCCCCCC1(CCCCCC)c2ccccc2-c2sccc21.OB(O)c1cccs1.[B]=NS.[CH3-]. The van der Waals surface area contributed by atoms with Crippen molar-refractivity contribution >= 4 is 181 Å². The number of ether oxygens (including phenoxy) is 1. The van der Waals surface area contributed by atoms with E-state index in [2.05, 4.69) is 310 Å². The standard InChI is InChI=1S/C23H30Br2S.C23H34OS.C23H32S.C13H26O.C10H7BrS.C6H4BrI.C4H5BO2S.C4H8O.CH4.CH3.BHNS/c1-3-5-7-9-13-23(14-10-8-6-4-2)19-15-17(24)11-12-18(19)22-20(23)16-21(25)26-22;1-3-5-7-11-17-23(24,18-12-8-6-4-2)21-15-10-9-14-20(21)22-16-13-19-25-22;1-3-5-7-11-16-23(17-12-8-6-4-2)20-14-10-9-13-19(20)22-21(23)15-18-24-22;1-3-5-7-9-11-13(14)12-10-8-6-4-2;11-9-5-2-1-4-8(9)10-6-3-7-12-10;7-5-3-1-2-4-6(5)8;6-5(7)4-2-1-3-8-4;1-2-4-5-3-1;;;1-2-3/h11-12,15-16H,3-10,13-14H2,1-2H3;9-10,13-16,19,24H,3-8,11-12,17-18H2,1-2H3;9-10,13-15,18H,3-8,11-12,16-17H2,1-2H3;3-12H2,1-2H3;1-7H;1-4H;1-3,6-7H;1-4H2;1H4;1H3;3H/q;;;;;;;;;-1;. The molecule has 10 aromatic rings. The van der Waals surface area contributed by atoms with Gasteiger partial charge in [0.25, 0.3) is 0 Å². The number of carbonyl (C=O) groups is 1. The Bertz CT molecular complexity index is 4320. The van der Waals surface area contributed by atoms with Gasteiger partial charge in [0.05, 0.1) is 9.39 Å². The number of Topliss-reactive ketones (excluding diaryl/α,β-unsaturated/α-hetero) is 1. The van der Waals surface area contributed by atoms with Crippen LogP contribution in [-0.2, 0) is 26.0 Å². The molecule has 0 saturated carbocycles. The van der Waals surface area contributed by atoms with Gasteiger partial charge in [0, 0.05) is 83.7 Å². The van der Waals surface area contributed by atoms with Crippen LogP contribution in [0, 0.1) is 11.0 Å². The van der Waals surface area contributed by atoms with Crippen molar-refractivity contribution < 1.29 is 24.7 Å². The summed E-state index contributed by atoms with van der Waals surface area (Å²) in [4.78, 5) is 17.0. The summed E-state index contributed by atoms with van der Waals surface area (Å²) >= 11 is 28.6. The van der Waals surface area contributed by atoms with Gasteiger partial charge in [0.2, 0.25) is 0 Å². The van der Waals surface area contributed by atoms with Gasteiger partial charge in [-0.1, -0.05) is 396 Å². The number of benzene rings is 5. The first-order valence-corrected chi connectivity index (χ1v) is 56.2. The first-order valence-electron chi connectivity index (χ1n) is 47.2. The van der Waals surface area contributed by atoms with Gasteiger partial charge in [-0.3, -0.25) is 4.79 Å². The third-order valence-electron chi connectivity index (χ3n) is 23.5. The quantitative estimate of drug-likeness (QED) is 0.0100. The maximum absolute atomic E-state index is 11.7. The van der Waals surface area contributed by atoms with Crippen molar-refractivity contribution in [1.82, 2.24) is 0 Å². The molecule has 3 aliphatic rings. The fourth-order valence-corrected chi connectivity index (χ4v) is 23.3. The Hall–Kier alpha value is -2.96. The maximum Gasteiger partial charge on any atom is -0.358 e. The Morgan fingerprint density at radius 1 is 0.449 bits per heavy atom. The van der Waals surface area contributed by atoms with E-state index in [1.54, 1.807) is 67.3 Å². The van der Waals surface area contributed by atoms with Gasteiger partial charge in [-0.25, -0.2) is 0 Å². The molecule has 0 bridgehead atoms. The van der Waals surface area contributed by atoms with Crippen molar-refractivity contribution in [2.45, 2.75) is 349 Å². The fraction of sp³-hybridized carbons (Fsp3) is 0.519. The summed E-state index contributed by atoms with van der Waals surface area (Å²) in [6.07, 6.45) is 52.2. The second kappa shape index (κ2) is 71.5. The minimum absolute atomic E-state index is 0. The molecule has 0 spiro atoms. The number of hydrogen-bond donors (Lipinski definition) is 4. The number of hydrogen-bond acceptors (Lipinski definition) is 12. The third-order valence-corrected chi connectivity index (χ3v) is 32.4. The van der Waals surface area contributed by atoms with Gasteiger partial charge >= 0.3 is 31.9 Å². The molecule has 1 saturated heterocycles. The number of fused-ring (bicyclic) bond motifs is 6.